The summed E-state index contributed by atoms with van der Waals surface area (Å²) in [5.74, 6) is 0.105. The van der Waals surface area contributed by atoms with Crippen molar-refractivity contribution in [2.75, 3.05) is 19.0 Å². The zero-order valence-electron chi connectivity index (χ0n) is 17.9. The van der Waals surface area contributed by atoms with Crippen molar-refractivity contribution in [1.82, 2.24) is 9.97 Å². The molecule has 0 aliphatic carbocycles. The predicted octanol–water partition coefficient (Wildman–Crippen LogP) is 2.68. The molecule has 1 heterocycles. The van der Waals surface area contributed by atoms with Crippen LogP contribution in [0.3, 0.4) is 0 Å². The number of benzene rings is 3. The second-order valence-corrected chi connectivity index (χ2v) is 8.80. The Balaban J connectivity index is 1.39. The number of nitrogens with one attached hydrogen (secondary N) is 2. The Hall–Kier alpha value is -4.22. The fraction of sp³-hybridized carbons (Fsp3) is 0.0870. The van der Waals surface area contributed by atoms with Crippen LogP contribution in [0, 0.1) is 0 Å². The number of H-pyrrole nitrogens is 1. The lowest BCUT2D eigenvalue weighted by Gasteiger charge is -2.07. The largest absolute Gasteiger partial charge is 0.497 e. The molecule has 0 bridgehead atoms. The van der Waals surface area contributed by atoms with E-state index in [1.165, 1.54) is 24.3 Å². The number of nitrogens with two attached hydrogens (primary N) is 1. The first-order valence-electron chi connectivity index (χ1n) is 9.97. The van der Waals surface area contributed by atoms with E-state index in [-0.39, 0.29) is 10.5 Å². The molecule has 174 valence electrons. The van der Waals surface area contributed by atoms with Crippen LogP contribution in [0.2, 0.25) is 0 Å². The normalized spacial score (nSPS) is 11.2. The summed E-state index contributed by atoms with van der Waals surface area (Å²) in [7, 11) is -2.24. The maximum atomic E-state index is 12.4. The van der Waals surface area contributed by atoms with E-state index in [1.54, 1.807) is 25.3 Å². The summed E-state index contributed by atoms with van der Waals surface area (Å²) < 4.78 is 32.8. The summed E-state index contributed by atoms with van der Waals surface area (Å²) in [4.78, 5) is 32.1. The number of fused-ring (bicyclic) bond motifs is 1. The molecule has 0 fully saturated rings. The van der Waals surface area contributed by atoms with E-state index in [9.17, 15) is 18.0 Å². The zero-order chi connectivity index (χ0) is 24.3. The Morgan fingerprint density at radius 3 is 2.38 bits per heavy atom. The number of carbonyl (C=O) groups is 2. The number of carbonyl (C=O) groups excluding carboxylic acids is 2. The molecule has 0 saturated heterocycles. The van der Waals surface area contributed by atoms with Gasteiger partial charge in [0.05, 0.1) is 28.6 Å². The molecule has 4 aromatic rings. The molecule has 1 aromatic heterocycles. The third kappa shape index (κ3) is 5.22. The lowest BCUT2D eigenvalue weighted by atomic mass is 10.2. The number of amides is 1. The number of methoxy groups -OCH3 is 1. The summed E-state index contributed by atoms with van der Waals surface area (Å²) in [5.41, 5.74) is 2.75. The Morgan fingerprint density at radius 2 is 1.74 bits per heavy atom. The van der Waals surface area contributed by atoms with Gasteiger partial charge in [-0.15, -0.1) is 0 Å². The van der Waals surface area contributed by atoms with Crippen LogP contribution < -0.4 is 15.2 Å². The van der Waals surface area contributed by atoms with Crippen LogP contribution in [0.4, 0.5) is 5.69 Å². The number of ether oxygens (including phenoxy) is 2. The number of aromatic nitrogens is 2. The smallest absolute Gasteiger partial charge is 0.338 e. The molecule has 3 aromatic carbocycles. The molecule has 0 spiro atoms. The predicted molar refractivity (Wildman–Crippen MR) is 125 cm³/mol. The van der Waals surface area contributed by atoms with Crippen molar-refractivity contribution in [2.24, 2.45) is 5.14 Å². The van der Waals surface area contributed by atoms with Crippen LogP contribution in [-0.4, -0.2) is 44.0 Å². The second kappa shape index (κ2) is 9.33. The molecule has 4 rings (SSSR count). The Bertz CT molecular complexity index is 1460. The SMILES string of the molecule is COc1ccc(-c2nc3ccc(C(=O)OCC(=O)Nc4ccc(S(N)(=O)=O)cc4)cc3[nH]2)cc1. The molecule has 0 aliphatic rings. The van der Waals surface area contributed by atoms with Crippen LogP contribution >= 0.6 is 0 Å². The monoisotopic (exact) mass is 480 g/mol. The van der Waals surface area contributed by atoms with Gasteiger partial charge in [-0.1, -0.05) is 0 Å². The van der Waals surface area contributed by atoms with Gasteiger partial charge in [0.25, 0.3) is 5.91 Å². The Kier molecular flexibility index (Phi) is 6.30. The van der Waals surface area contributed by atoms with Gasteiger partial charge in [-0.25, -0.2) is 23.3 Å². The number of nitrogens with zero attached hydrogens (tertiary/aromatic N) is 1. The molecule has 0 atom stereocenters. The number of sulfonamides is 1. The average molecular weight is 481 g/mol. The van der Waals surface area contributed by atoms with Crippen molar-refractivity contribution < 1.29 is 27.5 Å². The van der Waals surface area contributed by atoms with Crippen molar-refractivity contribution in [1.29, 1.82) is 0 Å². The standard InChI is InChI=1S/C23H20N4O6S/c1-32-17-7-2-14(3-8-17)22-26-19-11-4-15(12-20(19)27-22)23(29)33-13-21(28)25-16-5-9-18(10-6-16)34(24,30)31/h2-12H,13H2,1H3,(H,25,28)(H,26,27)(H2,24,30,31). The van der Waals surface area contributed by atoms with E-state index >= 15 is 0 Å². The number of hydrogen-bond donors (Lipinski definition) is 3. The molecular formula is C23H20N4O6S. The van der Waals surface area contributed by atoms with Crippen molar-refractivity contribution in [3.05, 3.63) is 72.3 Å². The van der Waals surface area contributed by atoms with Crippen LogP contribution in [0.15, 0.2) is 71.6 Å². The van der Waals surface area contributed by atoms with Gasteiger partial charge in [0, 0.05) is 11.3 Å². The van der Waals surface area contributed by atoms with Gasteiger partial charge in [-0.3, -0.25) is 4.79 Å². The maximum absolute atomic E-state index is 12.4. The first kappa shape index (κ1) is 23.0. The Morgan fingerprint density at radius 1 is 1.03 bits per heavy atom. The molecule has 11 heteroatoms. The summed E-state index contributed by atoms with van der Waals surface area (Å²) in [6.45, 7) is -0.520. The highest BCUT2D eigenvalue weighted by molar-refractivity contribution is 7.89. The molecule has 4 N–H and O–H groups in total. The molecule has 0 radical (unpaired) electrons. The second-order valence-electron chi connectivity index (χ2n) is 7.24. The number of hydrogen-bond acceptors (Lipinski definition) is 7. The number of aromatic amines is 1. The summed E-state index contributed by atoms with van der Waals surface area (Å²) >= 11 is 0. The average Bonchev–Trinajstić information content (AvgIpc) is 3.26. The van der Waals surface area contributed by atoms with Gasteiger partial charge in [0.2, 0.25) is 10.0 Å². The number of rotatable bonds is 7. The first-order chi connectivity index (χ1) is 16.2. The van der Waals surface area contributed by atoms with Gasteiger partial charge >= 0.3 is 5.97 Å². The van der Waals surface area contributed by atoms with Crippen LogP contribution in [0.5, 0.6) is 5.75 Å². The van der Waals surface area contributed by atoms with E-state index in [0.29, 0.717) is 22.5 Å². The summed E-state index contributed by atoms with van der Waals surface area (Å²) in [5, 5.41) is 7.55. The Labute approximate surface area is 194 Å². The van der Waals surface area contributed by atoms with Crippen molar-refractivity contribution in [2.45, 2.75) is 4.90 Å². The summed E-state index contributed by atoms with van der Waals surface area (Å²) in [6, 6.07) is 17.5. The molecule has 1 amide bonds. The third-order valence-electron chi connectivity index (χ3n) is 4.88. The number of anilines is 1. The number of primary sulfonamides is 1. The minimum Gasteiger partial charge on any atom is -0.497 e. The van der Waals surface area contributed by atoms with Crippen LogP contribution in [0.25, 0.3) is 22.4 Å². The highest BCUT2D eigenvalue weighted by atomic mass is 32.2. The molecule has 34 heavy (non-hydrogen) atoms. The maximum Gasteiger partial charge on any atom is 0.338 e. The van der Waals surface area contributed by atoms with Gasteiger partial charge in [0.1, 0.15) is 11.6 Å². The molecule has 0 saturated carbocycles. The van der Waals surface area contributed by atoms with Gasteiger partial charge in [0.15, 0.2) is 6.61 Å². The fourth-order valence-electron chi connectivity index (χ4n) is 3.16. The van der Waals surface area contributed by atoms with Gasteiger partial charge < -0.3 is 19.8 Å². The fourth-order valence-corrected chi connectivity index (χ4v) is 3.68. The van der Waals surface area contributed by atoms with E-state index in [2.05, 4.69) is 15.3 Å². The number of imidazole rings is 1. The molecule has 0 unspecified atom stereocenters. The topological polar surface area (TPSA) is 153 Å². The lowest BCUT2D eigenvalue weighted by molar-refractivity contribution is -0.119. The van der Waals surface area contributed by atoms with E-state index in [0.717, 1.165) is 11.3 Å². The minimum absolute atomic E-state index is 0.0822. The number of esters is 1. The first-order valence-corrected chi connectivity index (χ1v) is 11.5. The molecule has 10 nitrogen and oxygen atoms in total. The van der Waals surface area contributed by atoms with Crippen molar-refractivity contribution in [3.63, 3.8) is 0 Å². The van der Waals surface area contributed by atoms with Crippen LogP contribution in [0.1, 0.15) is 10.4 Å². The minimum atomic E-state index is -3.83. The lowest BCUT2D eigenvalue weighted by Crippen LogP contribution is -2.21. The van der Waals surface area contributed by atoms with E-state index in [1.807, 2.05) is 24.3 Å². The zero-order valence-corrected chi connectivity index (χ0v) is 18.8. The third-order valence-corrected chi connectivity index (χ3v) is 5.81. The highest BCUT2D eigenvalue weighted by Gasteiger charge is 2.14. The quantitative estimate of drug-likeness (QED) is 0.344. The highest BCUT2D eigenvalue weighted by Crippen LogP contribution is 2.23. The van der Waals surface area contributed by atoms with Crippen LogP contribution in [-0.2, 0) is 19.6 Å². The van der Waals surface area contributed by atoms with Gasteiger partial charge in [-0.2, -0.15) is 0 Å². The van der Waals surface area contributed by atoms with E-state index in [4.69, 9.17) is 14.6 Å². The molecule has 0 aliphatic heterocycles. The summed E-state index contributed by atoms with van der Waals surface area (Å²) in [6.07, 6.45) is 0. The van der Waals surface area contributed by atoms with Crippen molar-refractivity contribution in [3.8, 4) is 17.1 Å². The van der Waals surface area contributed by atoms with E-state index < -0.39 is 28.5 Å². The van der Waals surface area contributed by atoms with Gasteiger partial charge in [-0.05, 0) is 66.7 Å². The molecular weight excluding hydrogens is 460 g/mol. The van der Waals surface area contributed by atoms with Crippen molar-refractivity contribution >= 4 is 38.6 Å².